The molecule has 0 aliphatic carbocycles. The molecule has 0 aromatic carbocycles. The van der Waals surface area contributed by atoms with E-state index in [9.17, 15) is 14.4 Å². The fourth-order valence-corrected chi connectivity index (χ4v) is 2.88. The third kappa shape index (κ3) is 2.54. The molecule has 0 bridgehead atoms. The van der Waals surface area contributed by atoms with Crippen LogP contribution >= 0.6 is 0 Å². The number of carbonyl (C=O) groups excluding carboxylic acids is 3. The van der Waals surface area contributed by atoms with E-state index >= 15 is 0 Å². The van der Waals surface area contributed by atoms with E-state index in [1.165, 1.54) is 12.0 Å². The zero-order valence-electron chi connectivity index (χ0n) is 13.0. The Balaban J connectivity index is 2.30. The van der Waals surface area contributed by atoms with Crippen LogP contribution in [0.5, 0.6) is 0 Å². The number of likely N-dealkylation sites (N-methyl/N-ethyl adjacent to an activating group) is 1. The Morgan fingerprint density at radius 2 is 2.09 bits per heavy atom. The quantitative estimate of drug-likeness (QED) is 0.584. The van der Waals surface area contributed by atoms with Crippen LogP contribution in [-0.2, 0) is 23.8 Å². The molecule has 8 heteroatoms. The molecule has 1 saturated heterocycles. The molecule has 0 aromatic heterocycles. The van der Waals surface area contributed by atoms with E-state index in [1.807, 2.05) is 0 Å². The molecule has 1 amide bonds. The van der Waals surface area contributed by atoms with Gasteiger partial charge in [0.25, 0.3) is 0 Å². The topological polar surface area (TPSA) is 94.2 Å². The Bertz CT molecular complexity index is 529. The summed E-state index contributed by atoms with van der Waals surface area (Å²) < 4.78 is 14.8. The minimum Gasteiger partial charge on any atom is -0.464 e. The molecule has 3 atom stereocenters. The first-order chi connectivity index (χ1) is 10.5. The molecule has 2 aliphatic rings. The molecule has 2 heterocycles. The van der Waals surface area contributed by atoms with Crippen LogP contribution in [0.15, 0.2) is 11.3 Å². The summed E-state index contributed by atoms with van der Waals surface area (Å²) in [6, 6.07) is -0.657. The monoisotopic (exact) mass is 312 g/mol. The van der Waals surface area contributed by atoms with Gasteiger partial charge in [-0.05, 0) is 26.5 Å². The zero-order valence-corrected chi connectivity index (χ0v) is 13.0. The summed E-state index contributed by atoms with van der Waals surface area (Å²) in [7, 11) is 2.91. The van der Waals surface area contributed by atoms with Gasteiger partial charge in [-0.3, -0.25) is 9.69 Å². The van der Waals surface area contributed by atoms with E-state index in [-0.39, 0.29) is 24.3 Å². The zero-order chi connectivity index (χ0) is 16.4. The van der Waals surface area contributed by atoms with Gasteiger partial charge in [0, 0.05) is 6.42 Å². The number of hydrogen-bond acceptors (Lipinski definition) is 7. The van der Waals surface area contributed by atoms with Crippen molar-refractivity contribution >= 4 is 18.0 Å². The van der Waals surface area contributed by atoms with Crippen molar-refractivity contribution < 1.29 is 28.6 Å². The lowest BCUT2D eigenvalue weighted by Gasteiger charge is -2.51. The third-order valence-corrected chi connectivity index (χ3v) is 3.96. The minimum absolute atomic E-state index is 0.143. The molecular formula is C14H20N2O6. The Hall–Kier alpha value is -2.09. The van der Waals surface area contributed by atoms with Crippen molar-refractivity contribution in [3.8, 4) is 0 Å². The van der Waals surface area contributed by atoms with Gasteiger partial charge in [-0.15, -0.1) is 0 Å². The summed E-state index contributed by atoms with van der Waals surface area (Å²) in [4.78, 5) is 37.1. The third-order valence-electron chi connectivity index (χ3n) is 3.96. The predicted octanol–water partition coefficient (Wildman–Crippen LogP) is 0.178. The van der Waals surface area contributed by atoms with Crippen molar-refractivity contribution in [2.24, 2.45) is 0 Å². The van der Waals surface area contributed by atoms with Gasteiger partial charge in [0.05, 0.1) is 19.8 Å². The maximum atomic E-state index is 12.1. The molecule has 1 N–H and O–H groups in total. The van der Waals surface area contributed by atoms with Gasteiger partial charge in [-0.25, -0.2) is 9.59 Å². The fraction of sp³-hybridized carbons (Fsp3) is 0.643. The molecule has 2 aliphatic heterocycles. The smallest absolute Gasteiger partial charge is 0.464 e. The van der Waals surface area contributed by atoms with Crippen LogP contribution < -0.4 is 5.32 Å². The predicted molar refractivity (Wildman–Crippen MR) is 74.7 cm³/mol. The highest BCUT2D eigenvalue weighted by molar-refractivity contribution is 6.01. The first kappa shape index (κ1) is 16.3. The van der Waals surface area contributed by atoms with Gasteiger partial charge >= 0.3 is 12.1 Å². The van der Waals surface area contributed by atoms with E-state index in [1.54, 1.807) is 20.9 Å². The molecule has 0 aromatic rings. The fourth-order valence-electron chi connectivity index (χ4n) is 2.88. The molecule has 0 saturated carbocycles. The Morgan fingerprint density at radius 3 is 2.64 bits per heavy atom. The molecule has 0 radical (unpaired) electrons. The standard InChI is InChI=1S/C14H20N2O6/c1-5-21-14(19)22-9-6-8-10(15-3)12(17)16(8)11(7(9)2)13(18)20-4/h8-10,15H,5-6H2,1-4H3. The number of methoxy groups -OCH3 is 1. The average molecular weight is 312 g/mol. The van der Waals surface area contributed by atoms with Gasteiger partial charge in [-0.2, -0.15) is 0 Å². The number of hydrogen-bond donors (Lipinski definition) is 1. The van der Waals surface area contributed by atoms with Crippen molar-refractivity contribution in [1.82, 2.24) is 10.2 Å². The molecule has 3 unspecified atom stereocenters. The normalized spacial score (nSPS) is 27.0. The van der Waals surface area contributed by atoms with Gasteiger partial charge in [-0.1, -0.05) is 0 Å². The van der Waals surface area contributed by atoms with Gasteiger partial charge in [0.15, 0.2) is 0 Å². The maximum Gasteiger partial charge on any atom is 0.508 e. The van der Waals surface area contributed by atoms with E-state index in [4.69, 9.17) is 14.2 Å². The van der Waals surface area contributed by atoms with Crippen molar-refractivity contribution in [2.45, 2.75) is 38.5 Å². The number of esters is 1. The summed E-state index contributed by atoms with van der Waals surface area (Å²) in [5, 5.41) is 2.90. The maximum absolute atomic E-state index is 12.1. The summed E-state index contributed by atoms with van der Waals surface area (Å²) in [5.41, 5.74) is 0.628. The van der Waals surface area contributed by atoms with Crippen LogP contribution in [0, 0.1) is 0 Å². The summed E-state index contributed by atoms with van der Waals surface area (Å²) >= 11 is 0. The van der Waals surface area contributed by atoms with Gasteiger partial charge in [0.2, 0.25) is 5.91 Å². The first-order valence-electron chi connectivity index (χ1n) is 7.09. The van der Waals surface area contributed by atoms with Crippen molar-refractivity contribution in [2.75, 3.05) is 20.8 Å². The van der Waals surface area contributed by atoms with Crippen LogP contribution in [0.2, 0.25) is 0 Å². The van der Waals surface area contributed by atoms with Gasteiger partial charge in [0.1, 0.15) is 17.8 Å². The van der Waals surface area contributed by atoms with Gasteiger partial charge < -0.3 is 19.5 Å². The second-order valence-corrected chi connectivity index (χ2v) is 5.09. The molecule has 1 fully saturated rings. The van der Waals surface area contributed by atoms with E-state index in [2.05, 4.69) is 5.32 Å². The van der Waals surface area contributed by atoms with Crippen molar-refractivity contribution in [3.63, 3.8) is 0 Å². The van der Waals surface area contributed by atoms with Crippen LogP contribution in [0.25, 0.3) is 0 Å². The number of rotatable bonds is 4. The molecule has 122 valence electrons. The van der Waals surface area contributed by atoms with Crippen LogP contribution in [0.3, 0.4) is 0 Å². The lowest BCUT2D eigenvalue weighted by molar-refractivity contribution is -0.157. The number of amides is 1. The summed E-state index contributed by atoms with van der Waals surface area (Å²) in [5.74, 6) is -0.815. The Labute approximate surface area is 128 Å². The molecule has 22 heavy (non-hydrogen) atoms. The van der Waals surface area contributed by atoms with E-state index < -0.39 is 24.3 Å². The van der Waals surface area contributed by atoms with Crippen molar-refractivity contribution in [3.05, 3.63) is 11.3 Å². The average Bonchev–Trinajstić information content (AvgIpc) is 2.49. The summed E-state index contributed by atoms with van der Waals surface area (Å²) in [6.45, 7) is 3.52. The number of nitrogens with zero attached hydrogens (tertiary/aromatic N) is 1. The molecule has 8 nitrogen and oxygen atoms in total. The van der Waals surface area contributed by atoms with Crippen LogP contribution in [0.4, 0.5) is 4.79 Å². The largest absolute Gasteiger partial charge is 0.508 e. The molecule has 0 spiro atoms. The molecule has 2 rings (SSSR count). The Morgan fingerprint density at radius 1 is 1.41 bits per heavy atom. The van der Waals surface area contributed by atoms with E-state index in [0.29, 0.717) is 12.0 Å². The number of ether oxygens (including phenoxy) is 3. The highest BCUT2D eigenvalue weighted by Crippen LogP contribution is 2.38. The number of β-lactam (4-membered cyclic amide) rings is 1. The van der Waals surface area contributed by atoms with Crippen LogP contribution in [0.1, 0.15) is 20.3 Å². The van der Waals surface area contributed by atoms with E-state index in [0.717, 1.165) is 0 Å². The highest BCUT2D eigenvalue weighted by Gasteiger charge is 2.54. The molecular weight excluding hydrogens is 292 g/mol. The van der Waals surface area contributed by atoms with Crippen molar-refractivity contribution in [1.29, 1.82) is 0 Å². The lowest BCUT2D eigenvalue weighted by Crippen LogP contribution is -2.71. The second kappa shape index (κ2) is 6.35. The lowest BCUT2D eigenvalue weighted by atomic mass is 9.82. The SMILES string of the molecule is CCOC(=O)OC1CC2C(NC)C(=O)N2C(C(=O)OC)=C1C. The Kier molecular flexibility index (Phi) is 4.70. The number of nitrogens with one attached hydrogen (secondary N) is 1. The first-order valence-corrected chi connectivity index (χ1v) is 7.09. The minimum atomic E-state index is -0.795. The summed E-state index contributed by atoms with van der Waals surface area (Å²) in [6.07, 6.45) is -1.02. The number of fused-ring (bicyclic) bond motifs is 1. The second-order valence-electron chi connectivity index (χ2n) is 5.09. The van der Waals surface area contributed by atoms with Crippen LogP contribution in [-0.4, -0.2) is 61.9 Å². The number of carbonyl (C=O) groups is 3. The highest BCUT2D eigenvalue weighted by atomic mass is 16.7.